The molecule has 1 amide bonds. The van der Waals surface area contributed by atoms with Gasteiger partial charge in [0.05, 0.1) is 28.5 Å². The van der Waals surface area contributed by atoms with Crippen LogP contribution in [0.3, 0.4) is 0 Å². The molecule has 0 radical (unpaired) electrons. The zero-order valence-electron chi connectivity index (χ0n) is 17.7. The number of nitrogens with zero attached hydrogens (tertiary/aromatic N) is 5. The van der Waals surface area contributed by atoms with Crippen LogP contribution in [0.1, 0.15) is 38.2 Å². The van der Waals surface area contributed by atoms with Gasteiger partial charge in [0, 0.05) is 0 Å². The Morgan fingerprint density at radius 3 is 2.71 bits per heavy atom. The van der Waals surface area contributed by atoms with E-state index in [0.29, 0.717) is 5.16 Å². The van der Waals surface area contributed by atoms with Crippen molar-refractivity contribution < 1.29 is 4.79 Å². The van der Waals surface area contributed by atoms with E-state index in [9.17, 15) is 4.79 Å². The van der Waals surface area contributed by atoms with Crippen LogP contribution in [0.15, 0.2) is 53.7 Å². The molecular formula is C22H25N7OS. The lowest BCUT2D eigenvalue weighted by molar-refractivity contribution is -0.119. The minimum Gasteiger partial charge on any atom is -0.345 e. The fourth-order valence-electron chi connectivity index (χ4n) is 3.45. The summed E-state index contributed by atoms with van der Waals surface area (Å²) in [5.41, 5.74) is 3.92. The van der Waals surface area contributed by atoms with Crippen molar-refractivity contribution in [3.8, 4) is 5.69 Å². The normalized spacial score (nSPS) is 12.4. The number of H-pyrrole nitrogens is 1. The Hall–Kier alpha value is -3.20. The number of aryl methyl sites for hydroxylation is 1. The molecule has 0 aliphatic carbocycles. The van der Waals surface area contributed by atoms with Gasteiger partial charge in [0.1, 0.15) is 5.82 Å². The van der Waals surface area contributed by atoms with Gasteiger partial charge < -0.3 is 10.3 Å². The number of para-hydroxylation sites is 3. The first-order valence-corrected chi connectivity index (χ1v) is 11.3. The van der Waals surface area contributed by atoms with Crippen LogP contribution in [-0.4, -0.2) is 41.8 Å². The number of fused-ring (bicyclic) bond motifs is 1. The summed E-state index contributed by atoms with van der Waals surface area (Å²) in [5, 5.41) is 15.7. The van der Waals surface area contributed by atoms with E-state index in [1.807, 2.05) is 42.5 Å². The first kappa shape index (κ1) is 21.0. The topological polar surface area (TPSA) is 101 Å². The molecule has 31 heavy (non-hydrogen) atoms. The number of aromatic nitrogens is 6. The minimum atomic E-state index is -0.211. The summed E-state index contributed by atoms with van der Waals surface area (Å²) in [4.78, 5) is 20.7. The minimum absolute atomic E-state index is 0.0949. The van der Waals surface area contributed by atoms with Crippen molar-refractivity contribution >= 4 is 28.7 Å². The van der Waals surface area contributed by atoms with Crippen LogP contribution in [0.2, 0.25) is 0 Å². The predicted molar refractivity (Wildman–Crippen MR) is 121 cm³/mol. The average Bonchev–Trinajstić information content (AvgIpc) is 3.42. The maximum Gasteiger partial charge on any atom is 0.231 e. The van der Waals surface area contributed by atoms with Gasteiger partial charge in [-0.05, 0) is 46.5 Å². The van der Waals surface area contributed by atoms with Gasteiger partial charge in [-0.2, -0.15) is 4.68 Å². The average molecular weight is 436 g/mol. The quantitative estimate of drug-likeness (QED) is 0.409. The van der Waals surface area contributed by atoms with Gasteiger partial charge in [0.2, 0.25) is 11.1 Å². The Balaban J connectivity index is 1.46. The van der Waals surface area contributed by atoms with E-state index in [0.717, 1.165) is 34.5 Å². The highest BCUT2D eigenvalue weighted by Crippen LogP contribution is 2.24. The SMILES string of the molecule is CCc1ccccc1-n1nnnc1SCC(=O)NC(c1nc2ccccc2[nH]1)C(C)C. The molecule has 4 aromatic rings. The molecule has 0 saturated carbocycles. The second kappa shape index (κ2) is 9.30. The number of imidazole rings is 1. The molecule has 8 nitrogen and oxygen atoms in total. The number of benzene rings is 2. The first-order valence-electron chi connectivity index (χ1n) is 10.3. The van der Waals surface area contributed by atoms with Gasteiger partial charge in [0.25, 0.3) is 0 Å². The summed E-state index contributed by atoms with van der Waals surface area (Å²) in [6, 6.07) is 15.6. The number of carbonyl (C=O) groups excluding carboxylic acids is 1. The molecule has 0 spiro atoms. The first-order chi connectivity index (χ1) is 15.1. The molecule has 2 N–H and O–H groups in total. The van der Waals surface area contributed by atoms with E-state index < -0.39 is 0 Å². The molecule has 2 aromatic heterocycles. The third-order valence-corrected chi connectivity index (χ3v) is 5.98. The van der Waals surface area contributed by atoms with Crippen LogP contribution in [0.5, 0.6) is 0 Å². The number of aromatic amines is 1. The maximum atomic E-state index is 12.8. The maximum absolute atomic E-state index is 12.8. The summed E-state index contributed by atoms with van der Waals surface area (Å²) in [5.74, 6) is 1.05. The molecule has 0 saturated heterocycles. The Kier molecular flexibility index (Phi) is 6.31. The van der Waals surface area contributed by atoms with Crippen molar-refractivity contribution in [2.75, 3.05) is 5.75 Å². The number of amides is 1. The number of hydrogen-bond acceptors (Lipinski definition) is 6. The van der Waals surface area contributed by atoms with Crippen LogP contribution >= 0.6 is 11.8 Å². The summed E-state index contributed by atoms with van der Waals surface area (Å²) in [6.45, 7) is 6.22. The number of thioether (sulfide) groups is 1. The van der Waals surface area contributed by atoms with Crippen molar-refractivity contribution in [1.29, 1.82) is 0 Å². The van der Waals surface area contributed by atoms with Gasteiger partial charge in [-0.25, -0.2) is 4.98 Å². The molecule has 160 valence electrons. The van der Waals surface area contributed by atoms with Gasteiger partial charge in [-0.3, -0.25) is 4.79 Å². The van der Waals surface area contributed by atoms with E-state index >= 15 is 0 Å². The largest absolute Gasteiger partial charge is 0.345 e. The monoisotopic (exact) mass is 435 g/mol. The van der Waals surface area contributed by atoms with Gasteiger partial charge >= 0.3 is 0 Å². The lowest BCUT2D eigenvalue weighted by atomic mass is 10.0. The highest BCUT2D eigenvalue weighted by molar-refractivity contribution is 7.99. The number of tetrazole rings is 1. The van der Waals surface area contributed by atoms with E-state index in [1.54, 1.807) is 4.68 Å². The van der Waals surface area contributed by atoms with E-state index in [1.165, 1.54) is 11.8 Å². The van der Waals surface area contributed by atoms with Crippen molar-refractivity contribution in [2.24, 2.45) is 5.92 Å². The van der Waals surface area contributed by atoms with Crippen molar-refractivity contribution in [2.45, 2.75) is 38.4 Å². The third-order valence-electron chi connectivity index (χ3n) is 5.06. The number of nitrogens with one attached hydrogen (secondary N) is 2. The molecular weight excluding hydrogens is 410 g/mol. The van der Waals surface area contributed by atoms with Gasteiger partial charge in [-0.15, -0.1) is 5.10 Å². The Morgan fingerprint density at radius 2 is 1.94 bits per heavy atom. The smallest absolute Gasteiger partial charge is 0.231 e. The van der Waals surface area contributed by atoms with E-state index in [4.69, 9.17) is 0 Å². The van der Waals surface area contributed by atoms with Gasteiger partial charge in [0.15, 0.2) is 0 Å². The summed E-state index contributed by atoms with van der Waals surface area (Å²) >= 11 is 1.31. The van der Waals surface area contributed by atoms with Crippen LogP contribution in [-0.2, 0) is 11.2 Å². The summed E-state index contributed by atoms with van der Waals surface area (Å²) in [7, 11) is 0. The predicted octanol–water partition coefficient (Wildman–Crippen LogP) is 3.71. The second-order valence-corrected chi connectivity index (χ2v) is 8.52. The molecule has 0 aliphatic rings. The highest BCUT2D eigenvalue weighted by Gasteiger charge is 2.22. The van der Waals surface area contributed by atoms with Crippen LogP contribution in [0, 0.1) is 5.92 Å². The zero-order valence-corrected chi connectivity index (χ0v) is 18.6. The zero-order chi connectivity index (χ0) is 21.8. The second-order valence-electron chi connectivity index (χ2n) is 7.57. The fourth-order valence-corrected chi connectivity index (χ4v) is 4.15. The molecule has 2 aromatic carbocycles. The van der Waals surface area contributed by atoms with Crippen molar-refractivity contribution in [1.82, 2.24) is 35.5 Å². The number of hydrogen-bond donors (Lipinski definition) is 2. The van der Waals surface area contributed by atoms with Crippen molar-refractivity contribution in [3.63, 3.8) is 0 Å². The Labute approximate surface area is 184 Å². The number of carbonyl (C=O) groups is 1. The van der Waals surface area contributed by atoms with Crippen molar-refractivity contribution in [3.05, 3.63) is 59.9 Å². The molecule has 2 heterocycles. The molecule has 1 unspecified atom stereocenters. The van der Waals surface area contributed by atoms with E-state index in [2.05, 4.69) is 57.6 Å². The molecule has 9 heteroatoms. The van der Waals surface area contributed by atoms with Gasteiger partial charge in [-0.1, -0.05) is 62.9 Å². The summed E-state index contributed by atoms with van der Waals surface area (Å²) in [6.07, 6.45) is 0.869. The summed E-state index contributed by atoms with van der Waals surface area (Å²) < 4.78 is 1.69. The lowest BCUT2D eigenvalue weighted by Crippen LogP contribution is -2.33. The Bertz CT molecular complexity index is 1150. The molecule has 4 rings (SSSR count). The molecule has 0 aliphatic heterocycles. The molecule has 1 atom stereocenters. The highest BCUT2D eigenvalue weighted by atomic mass is 32.2. The fraction of sp³-hybridized carbons (Fsp3) is 0.318. The van der Waals surface area contributed by atoms with Crippen LogP contribution in [0.25, 0.3) is 16.7 Å². The lowest BCUT2D eigenvalue weighted by Gasteiger charge is -2.20. The standard InChI is InChI=1S/C22H25N7OS/c1-4-15-9-5-8-12-18(15)29-22(26-27-28-29)31-13-19(30)25-20(14(2)3)21-23-16-10-6-7-11-17(16)24-21/h5-12,14,20H,4,13H2,1-3H3,(H,23,24)(H,25,30). The van der Waals surface area contributed by atoms with Crippen LogP contribution < -0.4 is 5.32 Å². The Morgan fingerprint density at radius 1 is 1.16 bits per heavy atom. The molecule has 0 bridgehead atoms. The molecule has 0 fully saturated rings. The number of rotatable bonds is 8. The third kappa shape index (κ3) is 4.61. The van der Waals surface area contributed by atoms with Crippen LogP contribution in [0.4, 0.5) is 0 Å². The van der Waals surface area contributed by atoms with E-state index in [-0.39, 0.29) is 23.6 Å².